The summed E-state index contributed by atoms with van der Waals surface area (Å²) in [5.41, 5.74) is 3.41. The molecule has 2 heterocycles. The summed E-state index contributed by atoms with van der Waals surface area (Å²) in [4.78, 5) is 0. The molecule has 2 rings (SSSR count). The van der Waals surface area contributed by atoms with Crippen LogP contribution in [-0.4, -0.2) is 26.2 Å². The molecule has 7 heteroatoms. The number of aryl methyl sites for hydroxylation is 3. The van der Waals surface area contributed by atoms with Crippen molar-refractivity contribution in [3.8, 4) is 0 Å². The van der Waals surface area contributed by atoms with Crippen LogP contribution in [0.25, 0.3) is 0 Å². The number of aromatic nitrogens is 4. The minimum atomic E-state index is -0.386. The smallest absolute Gasteiger partial charge is 0.109 e. The van der Waals surface area contributed by atoms with E-state index in [0.29, 0.717) is 6.54 Å². The minimum absolute atomic E-state index is 0. The number of hydrogen-bond donors (Lipinski definition) is 1. The van der Waals surface area contributed by atoms with E-state index >= 15 is 0 Å². The van der Waals surface area contributed by atoms with Crippen LogP contribution in [0.3, 0.4) is 0 Å². The molecular formula is C12H19ClFN5. The summed E-state index contributed by atoms with van der Waals surface area (Å²) in [7, 11) is 1.93. The molecule has 0 saturated carbocycles. The Balaban J connectivity index is 0.00000180. The topological polar surface area (TPSA) is 47.7 Å². The van der Waals surface area contributed by atoms with Crippen molar-refractivity contribution in [3.63, 3.8) is 0 Å². The second-order valence-corrected chi connectivity index (χ2v) is 4.30. The summed E-state index contributed by atoms with van der Waals surface area (Å²) in [5.74, 6) is 0. The monoisotopic (exact) mass is 287 g/mol. The number of alkyl halides is 1. The number of hydrogen-bond acceptors (Lipinski definition) is 3. The van der Waals surface area contributed by atoms with Crippen LogP contribution < -0.4 is 5.32 Å². The first kappa shape index (κ1) is 15.7. The van der Waals surface area contributed by atoms with E-state index in [1.54, 1.807) is 10.9 Å². The van der Waals surface area contributed by atoms with E-state index in [1.165, 1.54) is 11.3 Å². The molecule has 0 aliphatic heterocycles. The van der Waals surface area contributed by atoms with Gasteiger partial charge in [0.15, 0.2) is 0 Å². The molecule has 0 unspecified atom stereocenters. The zero-order valence-corrected chi connectivity index (χ0v) is 12.0. The van der Waals surface area contributed by atoms with Gasteiger partial charge in [-0.05, 0) is 12.5 Å². The summed E-state index contributed by atoms with van der Waals surface area (Å²) >= 11 is 0. The highest BCUT2D eigenvalue weighted by Crippen LogP contribution is 2.05. The molecule has 2 aromatic rings. The molecule has 19 heavy (non-hydrogen) atoms. The maximum absolute atomic E-state index is 12.1. The Morgan fingerprint density at radius 1 is 1.26 bits per heavy atom. The molecule has 0 aliphatic carbocycles. The van der Waals surface area contributed by atoms with E-state index < -0.39 is 0 Å². The lowest BCUT2D eigenvalue weighted by Crippen LogP contribution is -2.15. The van der Waals surface area contributed by atoms with Crippen molar-refractivity contribution in [2.45, 2.75) is 26.6 Å². The summed E-state index contributed by atoms with van der Waals surface area (Å²) in [5, 5.41) is 11.6. The van der Waals surface area contributed by atoms with Crippen molar-refractivity contribution in [2.75, 3.05) is 6.67 Å². The zero-order chi connectivity index (χ0) is 13.0. The predicted octanol–water partition coefficient (Wildman–Crippen LogP) is 1.61. The van der Waals surface area contributed by atoms with Gasteiger partial charge in [-0.3, -0.25) is 9.36 Å². The summed E-state index contributed by atoms with van der Waals surface area (Å²) < 4.78 is 15.6. The van der Waals surface area contributed by atoms with Crippen LogP contribution in [0.4, 0.5) is 4.39 Å². The van der Waals surface area contributed by atoms with Crippen LogP contribution in [0.15, 0.2) is 18.6 Å². The van der Waals surface area contributed by atoms with Gasteiger partial charge in [-0.25, -0.2) is 4.39 Å². The van der Waals surface area contributed by atoms with Gasteiger partial charge in [0.2, 0.25) is 0 Å². The van der Waals surface area contributed by atoms with Gasteiger partial charge in [0.05, 0.1) is 24.6 Å². The summed E-state index contributed by atoms with van der Waals surface area (Å²) in [6.07, 6.45) is 5.48. The average molecular weight is 288 g/mol. The summed E-state index contributed by atoms with van der Waals surface area (Å²) in [6.45, 7) is 3.46. The Hall–Kier alpha value is -1.40. The molecule has 0 radical (unpaired) electrons. The number of nitrogens with one attached hydrogen (secondary N) is 1. The maximum atomic E-state index is 12.1. The molecule has 0 aromatic carbocycles. The van der Waals surface area contributed by atoms with Crippen molar-refractivity contribution >= 4 is 12.4 Å². The van der Waals surface area contributed by atoms with Gasteiger partial charge in [-0.1, -0.05) is 0 Å². The molecule has 0 spiro atoms. The predicted molar refractivity (Wildman–Crippen MR) is 73.9 cm³/mol. The lowest BCUT2D eigenvalue weighted by molar-refractivity contribution is 0.427. The normalized spacial score (nSPS) is 10.5. The van der Waals surface area contributed by atoms with Gasteiger partial charge in [0.1, 0.15) is 6.67 Å². The third-order valence-electron chi connectivity index (χ3n) is 2.89. The van der Waals surface area contributed by atoms with E-state index in [4.69, 9.17) is 0 Å². The van der Waals surface area contributed by atoms with Gasteiger partial charge in [0, 0.05) is 31.9 Å². The van der Waals surface area contributed by atoms with Crippen LogP contribution in [0, 0.1) is 6.92 Å². The molecule has 2 aromatic heterocycles. The second-order valence-electron chi connectivity index (χ2n) is 4.30. The van der Waals surface area contributed by atoms with Crippen LogP contribution in [0.1, 0.15) is 16.8 Å². The highest BCUT2D eigenvalue weighted by molar-refractivity contribution is 5.85. The van der Waals surface area contributed by atoms with E-state index in [-0.39, 0.29) is 19.1 Å². The second kappa shape index (κ2) is 7.25. The largest absolute Gasteiger partial charge is 0.307 e. The van der Waals surface area contributed by atoms with Gasteiger partial charge in [-0.15, -0.1) is 12.4 Å². The highest BCUT2D eigenvalue weighted by Gasteiger charge is 2.04. The van der Waals surface area contributed by atoms with Crippen LogP contribution in [-0.2, 0) is 26.7 Å². The third-order valence-corrected chi connectivity index (χ3v) is 2.89. The van der Waals surface area contributed by atoms with Crippen LogP contribution >= 0.6 is 12.4 Å². The van der Waals surface area contributed by atoms with Crippen LogP contribution in [0.2, 0.25) is 0 Å². The number of rotatable bonds is 6. The fourth-order valence-electron chi connectivity index (χ4n) is 1.86. The molecule has 0 bridgehead atoms. The third kappa shape index (κ3) is 4.04. The molecule has 0 atom stereocenters. The average Bonchev–Trinajstić information content (AvgIpc) is 2.91. The zero-order valence-electron chi connectivity index (χ0n) is 11.1. The minimum Gasteiger partial charge on any atom is -0.307 e. The Kier molecular flexibility index (Phi) is 5.98. The van der Waals surface area contributed by atoms with Crippen molar-refractivity contribution in [1.82, 2.24) is 24.9 Å². The molecule has 1 N–H and O–H groups in total. The Bertz CT molecular complexity index is 488. The number of halogens is 2. The van der Waals surface area contributed by atoms with E-state index in [9.17, 15) is 4.39 Å². The Morgan fingerprint density at radius 2 is 2.05 bits per heavy atom. The molecule has 0 saturated heterocycles. The lowest BCUT2D eigenvalue weighted by Gasteiger charge is -2.05. The first-order valence-corrected chi connectivity index (χ1v) is 5.96. The quantitative estimate of drug-likeness (QED) is 0.878. The van der Waals surface area contributed by atoms with Crippen molar-refractivity contribution in [3.05, 3.63) is 35.4 Å². The van der Waals surface area contributed by atoms with E-state index in [2.05, 4.69) is 15.5 Å². The highest BCUT2D eigenvalue weighted by atomic mass is 35.5. The van der Waals surface area contributed by atoms with Crippen LogP contribution in [0.5, 0.6) is 0 Å². The fourth-order valence-corrected chi connectivity index (χ4v) is 1.86. The molecule has 0 fully saturated rings. The maximum Gasteiger partial charge on any atom is 0.109 e. The van der Waals surface area contributed by atoms with Gasteiger partial charge >= 0.3 is 0 Å². The van der Waals surface area contributed by atoms with Crippen molar-refractivity contribution in [2.24, 2.45) is 7.05 Å². The molecule has 0 amide bonds. The van der Waals surface area contributed by atoms with Gasteiger partial charge in [0.25, 0.3) is 0 Å². The van der Waals surface area contributed by atoms with Crippen molar-refractivity contribution in [1.29, 1.82) is 0 Å². The van der Waals surface area contributed by atoms with E-state index in [0.717, 1.165) is 18.7 Å². The lowest BCUT2D eigenvalue weighted by atomic mass is 10.2. The number of nitrogens with zero attached hydrogens (tertiary/aromatic N) is 4. The molecule has 5 nitrogen and oxygen atoms in total. The Labute approximate surface area is 118 Å². The summed E-state index contributed by atoms with van der Waals surface area (Å²) in [6, 6.07) is 0. The fraction of sp³-hybridized carbons (Fsp3) is 0.500. The Morgan fingerprint density at radius 3 is 2.68 bits per heavy atom. The molecular weight excluding hydrogens is 269 g/mol. The molecule has 106 valence electrons. The van der Waals surface area contributed by atoms with Gasteiger partial charge < -0.3 is 5.32 Å². The van der Waals surface area contributed by atoms with Crippen molar-refractivity contribution < 1.29 is 4.39 Å². The first-order chi connectivity index (χ1) is 8.70. The van der Waals surface area contributed by atoms with E-state index in [1.807, 2.05) is 31.0 Å². The molecule has 0 aliphatic rings. The first-order valence-electron chi connectivity index (χ1n) is 5.96. The van der Waals surface area contributed by atoms with Gasteiger partial charge in [-0.2, -0.15) is 10.2 Å². The SMILES string of the molecule is Cc1cnn(C)c1CNCc1cnn(CCF)c1.Cl. The standard InChI is InChI=1S/C12H18FN5.ClH/c1-10-5-15-17(2)12(10)8-14-6-11-7-16-18(9-11)4-3-13;/h5,7,9,14H,3-4,6,8H2,1-2H3;1H.